The average Bonchev–Trinajstić information content (AvgIpc) is 3.07. The first kappa shape index (κ1) is 33.7. The van der Waals surface area contributed by atoms with E-state index < -0.39 is 5.91 Å². The number of halogens is 1. The number of carbonyl (C=O) groups excluding carboxylic acids is 2. The SMILES string of the molecule is CC(C)(C)c1ccc2oc(C(=O)N[C@@H](C=C3CCC(c4ccccc4CN4CCCCC4=O)CC3)Cc3ccc(Cl)cc3)cc(=O)c2c1. The summed E-state index contributed by atoms with van der Waals surface area (Å²) in [5, 5.41) is 4.29. The molecule has 4 aromatic rings. The lowest BCUT2D eigenvalue weighted by molar-refractivity contribution is -0.133. The van der Waals surface area contributed by atoms with Crippen molar-refractivity contribution >= 4 is 34.4 Å². The van der Waals surface area contributed by atoms with Gasteiger partial charge in [-0.2, -0.15) is 0 Å². The molecule has 48 heavy (non-hydrogen) atoms. The minimum absolute atomic E-state index is 0.00279. The lowest BCUT2D eigenvalue weighted by atomic mass is 9.79. The highest BCUT2D eigenvalue weighted by atomic mass is 35.5. The summed E-state index contributed by atoms with van der Waals surface area (Å²) >= 11 is 6.16. The number of amides is 2. The van der Waals surface area contributed by atoms with Gasteiger partial charge in [-0.1, -0.05) is 86.5 Å². The lowest BCUT2D eigenvalue weighted by Gasteiger charge is -2.31. The maximum absolute atomic E-state index is 13.6. The first-order chi connectivity index (χ1) is 23.0. The molecule has 1 aliphatic heterocycles. The fraction of sp³-hybridized carbons (Fsp3) is 0.390. The van der Waals surface area contributed by atoms with Crippen LogP contribution in [0.3, 0.4) is 0 Å². The van der Waals surface area contributed by atoms with Crippen LogP contribution in [-0.2, 0) is 23.2 Å². The van der Waals surface area contributed by atoms with E-state index in [4.69, 9.17) is 16.0 Å². The van der Waals surface area contributed by atoms with Crippen molar-refractivity contribution in [1.29, 1.82) is 0 Å². The Morgan fingerprint density at radius 3 is 2.46 bits per heavy atom. The Labute approximate surface area is 288 Å². The van der Waals surface area contributed by atoms with Crippen LogP contribution in [0.15, 0.2) is 93.7 Å². The van der Waals surface area contributed by atoms with Gasteiger partial charge in [0.15, 0.2) is 11.2 Å². The molecule has 1 atom stereocenters. The topological polar surface area (TPSA) is 79.6 Å². The molecule has 1 aliphatic carbocycles. The van der Waals surface area contributed by atoms with Crippen molar-refractivity contribution in [3.63, 3.8) is 0 Å². The summed E-state index contributed by atoms with van der Waals surface area (Å²) in [5.74, 6) is 0.271. The summed E-state index contributed by atoms with van der Waals surface area (Å²) in [6, 6.07) is 22.8. The van der Waals surface area contributed by atoms with Gasteiger partial charge in [0.2, 0.25) is 5.91 Å². The molecule has 0 radical (unpaired) electrons. The van der Waals surface area contributed by atoms with Gasteiger partial charge in [-0.3, -0.25) is 14.4 Å². The molecule has 2 heterocycles. The number of nitrogens with zero attached hydrogens (tertiary/aromatic N) is 1. The number of rotatable bonds is 8. The molecule has 2 aliphatic rings. The Bertz CT molecular complexity index is 1880. The third-order valence-electron chi connectivity index (χ3n) is 9.84. The van der Waals surface area contributed by atoms with E-state index in [1.807, 2.05) is 41.3 Å². The van der Waals surface area contributed by atoms with Crippen LogP contribution in [0.25, 0.3) is 11.0 Å². The third-order valence-corrected chi connectivity index (χ3v) is 10.1. The number of hydrogen-bond donors (Lipinski definition) is 1. The fourth-order valence-corrected chi connectivity index (χ4v) is 7.19. The van der Waals surface area contributed by atoms with Crippen molar-refractivity contribution in [1.82, 2.24) is 10.2 Å². The van der Waals surface area contributed by atoms with Crippen LogP contribution >= 0.6 is 11.6 Å². The molecule has 1 saturated heterocycles. The molecular formula is C41H45ClN2O4. The van der Waals surface area contributed by atoms with Gasteiger partial charge in [0.05, 0.1) is 11.4 Å². The second-order valence-corrected chi connectivity index (χ2v) is 14.9. The summed E-state index contributed by atoms with van der Waals surface area (Å²) in [4.78, 5) is 41.3. The van der Waals surface area contributed by atoms with Gasteiger partial charge in [0, 0.05) is 30.6 Å². The number of likely N-dealkylation sites (tertiary alicyclic amines) is 1. The summed E-state index contributed by atoms with van der Waals surface area (Å²) in [6.07, 6.45) is 9.35. The largest absolute Gasteiger partial charge is 0.451 e. The molecule has 250 valence electrons. The number of allylic oxidation sites excluding steroid dienone is 1. The molecule has 2 amide bonds. The van der Waals surface area contributed by atoms with Crippen LogP contribution in [0, 0.1) is 0 Å². The number of fused-ring (bicyclic) bond motifs is 1. The molecule has 1 N–H and O–H groups in total. The zero-order valence-corrected chi connectivity index (χ0v) is 28.9. The summed E-state index contributed by atoms with van der Waals surface area (Å²) in [5.41, 5.74) is 6.04. The van der Waals surface area contributed by atoms with E-state index in [0.29, 0.717) is 41.3 Å². The molecule has 7 heteroatoms. The summed E-state index contributed by atoms with van der Waals surface area (Å²) < 4.78 is 5.99. The average molecular weight is 665 g/mol. The lowest BCUT2D eigenvalue weighted by Crippen LogP contribution is -2.36. The number of hydrogen-bond acceptors (Lipinski definition) is 4. The van der Waals surface area contributed by atoms with Crippen LogP contribution in [-0.4, -0.2) is 29.3 Å². The van der Waals surface area contributed by atoms with Gasteiger partial charge >= 0.3 is 0 Å². The smallest absolute Gasteiger partial charge is 0.287 e. The highest BCUT2D eigenvalue weighted by molar-refractivity contribution is 6.30. The fourth-order valence-electron chi connectivity index (χ4n) is 7.06. The van der Waals surface area contributed by atoms with Crippen molar-refractivity contribution in [2.75, 3.05) is 6.54 Å². The first-order valence-corrected chi connectivity index (χ1v) is 17.6. The van der Waals surface area contributed by atoms with E-state index in [-0.39, 0.29) is 28.6 Å². The van der Waals surface area contributed by atoms with Crippen LogP contribution in [0.2, 0.25) is 5.02 Å². The van der Waals surface area contributed by atoms with Crippen LogP contribution in [0.1, 0.15) is 104 Å². The molecule has 0 unspecified atom stereocenters. The second-order valence-electron chi connectivity index (χ2n) is 14.4. The molecular weight excluding hydrogens is 620 g/mol. The normalized spacial score (nSPS) is 17.8. The summed E-state index contributed by atoms with van der Waals surface area (Å²) in [7, 11) is 0. The minimum Gasteiger partial charge on any atom is -0.451 e. The van der Waals surface area contributed by atoms with Crippen molar-refractivity contribution in [3.05, 3.63) is 128 Å². The Kier molecular flexibility index (Phi) is 10.2. The molecule has 6 nitrogen and oxygen atoms in total. The van der Waals surface area contributed by atoms with Gasteiger partial charge in [-0.05, 0) is 103 Å². The second kappa shape index (κ2) is 14.5. The van der Waals surface area contributed by atoms with E-state index in [0.717, 1.165) is 56.2 Å². The summed E-state index contributed by atoms with van der Waals surface area (Å²) in [6.45, 7) is 7.81. The van der Waals surface area contributed by atoms with Gasteiger partial charge in [-0.25, -0.2) is 0 Å². The highest BCUT2D eigenvalue weighted by Crippen LogP contribution is 2.38. The van der Waals surface area contributed by atoms with Crippen molar-refractivity contribution < 1.29 is 14.0 Å². The van der Waals surface area contributed by atoms with Crippen molar-refractivity contribution in [3.8, 4) is 0 Å². The van der Waals surface area contributed by atoms with Gasteiger partial charge in [-0.15, -0.1) is 0 Å². The van der Waals surface area contributed by atoms with E-state index in [2.05, 4.69) is 56.4 Å². The number of benzene rings is 3. The molecule has 1 aromatic heterocycles. The molecule has 2 fully saturated rings. The Balaban J connectivity index is 1.19. The molecule has 1 saturated carbocycles. The van der Waals surface area contributed by atoms with E-state index in [9.17, 15) is 14.4 Å². The maximum Gasteiger partial charge on any atom is 0.287 e. The molecule has 6 rings (SSSR count). The van der Waals surface area contributed by atoms with E-state index in [1.165, 1.54) is 22.8 Å². The number of nitrogens with one attached hydrogen (secondary N) is 1. The van der Waals surface area contributed by atoms with Crippen molar-refractivity contribution in [2.24, 2.45) is 0 Å². The quantitative estimate of drug-likeness (QED) is 0.191. The standard InChI is InChI=1S/C41H45ClN2O4/c1-41(2,3)31-17-20-37-35(24-31)36(45)25-38(48-37)40(47)43-33(23-28-13-18-32(42)19-14-28)22-27-11-15-29(16-12-27)34-9-5-4-8-30(34)26-44-21-7-6-10-39(44)46/h4-5,8-9,13-14,17-20,22,24-25,29,33H,6-7,10-12,15-16,21,23,26H2,1-3H3,(H,43,47)/t29?,33-/m0/s1. The highest BCUT2D eigenvalue weighted by Gasteiger charge is 2.25. The maximum atomic E-state index is 13.6. The Morgan fingerprint density at radius 2 is 1.73 bits per heavy atom. The predicted octanol–water partition coefficient (Wildman–Crippen LogP) is 8.88. The molecule has 3 aromatic carbocycles. The monoisotopic (exact) mass is 664 g/mol. The number of carbonyl (C=O) groups is 2. The predicted molar refractivity (Wildman–Crippen MR) is 193 cm³/mol. The van der Waals surface area contributed by atoms with Crippen molar-refractivity contribution in [2.45, 2.75) is 96.1 Å². The number of piperidine rings is 1. The Morgan fingerprint density at radius 1 is 0.979 bits per heavy atom. The zero-order valence-electron chi connectivity index (χ0n) is 28.2. The van der Waals surface area contributed by atoms with Gasteiger partial charge < -0.3 is 14.6 Å². The first-order valence-electron chi connectivity index (χ1n) is 17.2. The van der Waals surface area contributed by atoms with E-state index in [1.54, 1.807) is 6.07 Å². The van der Waals surface area contributed by atoms with Crippen LogP contribution in [0.5, 0.6) is 0 Å². The molecule has 0 bridgehead atoms. The minimum atomic E-state index is -0.417. The van der Waals surface area contributed by atoms with Gasteiger partial charge in [0.25, 0.3) is 5.91 Å². The molecule has 0 spiro atoms. The van der Waals surface area contributed by atoms with Gasteiger partial charge in [0.1, 0.15) is 5.58 Å². The third kappa shape index (κ3) is 8.10. The van der Waals surface area contributed by atoms with Crippen LogP contribution < -0.4 is 10.7 Å². The Hall–Kier alpha value is -4.16. The zero-order chi connectivity index (χ0) is 33.8. The van der Waals surface area contributed by atoms with E-state index >= 15 is 0 Å². The van der Waals surface area contributed by atoms with Crippen LogP contribution in [0.4, 0.5) is 0 Å².